The van der Waals surface area contributed by atoms with E-state index in [0.717, 1.165) is 44.9 Å². The van der Waals surface area contributed by atoms with Gasteiger partial charge in [0, 0.05) is 6.42 Å². The minimum absolute atomic E-state index is 0.250. The largest absolute Gasteiger partial charge is 0.394 e. The molecule has 0 aliphatic carbocycles. The van der Waals surface area contributed by atoms with E-state index in [0.29, 0.717) is 6.42 Å². The lowest BCUT2D eigenvalue weighted by Gasteiger charge is -2.40. The molecule has 1 saturated heterocycles. The lowest BCUT2D eigenvalue weighted by molar-refractivity contribution is -0.303. The first-order valence-electron chi connectivity index (χ1n) is 31.8. The van der Waals surface area contributed by atoms with E-state index in [1.165, 1.54) is 257 Å². The van der Waals surface area contributed by atoms with Crippen molar-refractivity contribution in [3.05, 3.63) is 0 Å². The molecule has 1 amide bonds. The number of aliphatic hydroxyl groups is 6. The molecule has 1 rings (SSSR count). The van der Waals surface area contributed by atoms with Gasteiger partial charge in [-0.15, -0.1) is 0 Å². The first-order chi connectivity index (χ1) is 35.3. The van der Waals surface area contributed by atoms with E-state index in [9.17, 15) is 35.4 Å². The number of amides is 1. The van der Waals surface area contributed by atoms with Crippen molar-refractivity contribution in [1.82, 2.24) is 5.32 Å². The zero-order valence-corrected chi connectivity index (χ0v) is 47.6. The summed E-state index contributed by atoms with van der Waals surface area (Å²) in [5.41, 5.74) is 0. The van der Waals surface area contributed by atoms with Crippen molar-refractivity contribution in [1.29, 1.82) is 0 Å². The molecule has 0 bridgehead atoms. The molecule has 1 aliphatic rings. The molecule has 1 fully saturated rings. The quantitative estimate of drug-likeness (QED) is 0.0293. The van der Waals surface area contributed by atoms with Gasteiger partial charge in [-0.1, -0.05) is 309 Å². The molecule has 2 unspecified atom stereocenters. The second kappa shape index (κ2) is 52.2. The Morgan fingerprint density at radius 3 is 1.03 bits per heavy atom. The predicted octanol–water partition coefficient (Wildman–Crippen LogP) is 15.2. The van der Waals surface area contributed by atoms with Crippen LogP contribution in [0.15, 0.2) is 0 Å². The van der Waals surface area contributed by atoms with Crippen molar-refractivity contribution in [3.8, 4) is 0 Å². The minimum Gasteiger partial charge on any atom is -0.394 e. The molecular weight excluding hydrogens is 903 g/mol. The Bertz CT molecular complexity index is 1110. The summed E-state index contributed by atoms with van der Waals surface area (Å²) in [6.45, 7) is 3.64. The van der Waals surface area contributed by atoms with Gasteiger partial charge < -0.3 is 45.4 Å². The summed E-state index contributed by atoms with van der Waals surface area (Å²) in [6.07, 6.45) is 53.2. The number of rotatable bonds is 56. The van der Waals surface area contributed by atoms with Crippen LogP contribution in [0.4, 0.5) is 0 Å². The number of carbonyl (C=O) groups excluding carboxylic acids is 1. The van der Waals surface area contributed by atoms with E-state index in [-0.39, 0.29) is 18.9 Å². The Morgan fingerprint density at radius 1 is 0.431 bits per heavy atom. The van der Waals surface area contributed by atoms with Crippen LogP contribution in [-0.2, 0) is 14.3 Å². The Morgan fingerprint density at radius 2 is 0.722 bits per heavy atom. The highest BCUT2D eigenvalue weighted by atomic mass is 16.7. The molecule has 0 saturated carbocycles. The van der Waals surface area contributed by atoms with Crippen LogP contribution in [0.2, 0.25) is 0 Å². The van der Waals surface area contributed by atoms with Crippen LogP contribution in [0.1, 0.15) is 328 Å². The fourth-order valence-corrected chi connectivity index (χ4v) is 10.7. The van der Waals surface area contributed by atoms with Crippen molar-refractivity contribution in [2.75, 3.05) is 13.2 Å². The van der Waals surface area contributed by atoms with Crippen molar-refractivity contribution < 1.29 is 44.9 Å². The summed E-state index contributed by atoms with van der Waals surface area (Å²) >= 11 is 0. The summed E-state index contributed by atoms with van der Waals surface area (Å²) < 4.78 is 11.2. The number of carbonyl (C=O) groups is 1. The molecule has 8 atom stereocenters. The molecule has 1 aliphatic heterocycles. The SMILES string of the molecule is CCCCCCCCCCCCCCCCCCCCCCCCCCCCCCCCCCCCCCC(=O)N[C@@H](CO[C@@H]1O[C@H](CO)[C@H](O)C(O)C1O)[C@H](O)[C@H](O)CCCCCCCCCCCCC. The van der Waals surface area contributed by atoms with Gasteiger partial charge in [-0.05, 0) is 12.8 Å². The first-order valence-corrected chi connectivity index (χ1v) is 31.8. The monoisotopic (exact) mass is 1030 g/mol. The highest BCUT2D eigenvalue weighted by Crippen LogP contribution is 2.24. The average Bonchev–Trinajstić information content (AvgIpc) is 3.38. The van der Waals surface area contributed by atoms with Gasteiger partial charge >= 0.3 is 0 Å². The molecule has 10 nitrogen and oxygen atoms in total. The minimum atomic E-state index is -1.60. The van der Waals surface area contributed by atoms with Gasteiger partial charge in [0.1, 0.15) is 30.5 Å². The molecule has 0 radical (unpaired) electrons. The summed E-state index contributed by atoms with van der Waals surface area (Å²) in [6, 6.07) is -0.986. The highest BCUT2D eigenvalue weighted by molar-refractivity contribution is 5.76. The molecule has 0 aromatic heterocycles. The maximum absolute atomic E-state index is 13.1. The van der Waals surface area contributed by atoms with Crippen LogP contribution in [0.25, 0.3) is 0 Å². The van der Waals surface area contributed by atoms with Crippen LogP contribution in [0, 0.1) is 0 Å². The standard InChI is InChI=1S/C62H123NO9/c1-3-5-7-9-11-13-15-16-17-18-19-20-21-22-23-24-25-26-27-28-29-30-31-32-33-34-35-36-37-38-39-41-43-45-47-49-51-57(66)63-54(53-71-62-61(70)60(69)59(68)56(52-64)72-62)58(67)55(65)50-48-46-44-42-40-14-12-10-8-6-4-2/h54-56,58-62,64-65,67-70H,3-53H2,1-2H3,(H,63,66)/t54-,55+,56+,58-,59-,60?,61?,62+/m0/s1. The fraction of sp³-hybridized carbons (Fsp3) is 0.984. The van der Waals surface area contributed by atoms with Crippen LogP contribution in [0.5, 0.6) is 0 Å². The maximum atomic E-state index is 13.1. The Labute approximate surface area is 445 Å². The van der Waals surface area contributed by atoms with Gasteiger partial charge in [-0.25, -0.2) is 0 Å². The molecule has 0 aromatic rings. The van der Waals surface area contributed by atoms with E-state index in [1.807, 2.05) is 0 Å². The Balaban J connectivity index is 2.05. The molecule has 1 heterocycles. The summed E-state index contributed by atoms with van der Waals surface area (Å²) in [5.74, 6) is -0.250. The van der Waals surface area contributed by atoms with Crippen LogP contribution < -0.4 is 5.32 Å². The Hall–Kier alpha value is -0.850. The molecule has 7 N–H and O–H groups in total. The van der Waals surface area contributed by atoms with Gasteiger partial charge in [0.05, 0.1) is 25.4 Å². The number of unbranched alkanes of at least 4 members (excludes halogenated alkanes) is 45. The second-order valence-corrected chi connectivity index (χ2v) is 22.7. The zero-order valence-electron chi connectivity index (χ0n) is 47.6. The van der Waals surface area contributed by atoms with Gasteiger partial charge in [0.15, 0.2) is 6.29 Å². The van der Waals surface area contributed by atoms with Crippen LogP contribution in [-0.4, -0.2) is 98.7 Å². The molecular formula is C62H123NO9. The topological polar surface area (TPSA) is 169 Å². The third kappa shape index (κ3) is 40.4. The van der Waals surface area contributed by atoms with Crippen molar-refractivity contribution in [3.63, 3.8) is 0 Å². The van der Waals surface area contributed by atoms with Gasteiger partial charge in [0.2, 0.25) is 5.91 Å². The fourth-order valence-electron chi connectivity index (χ4n) is 10.7. The average molecular weight is 1030 g/mol. The maximum Gasteiger partial charge on any atom is 0.220 e. The predicted molar refractivity (Wildman–Crippen MR) is 301 cm³/mol. The van der Waals surface area contributed by atoms with Crippen LogP contribution >= 0.6 is 0 Å². The summed E-state index contributed by atoms with van der Waals surface area (Å²) in [4.78, 5) is 13.1. The van der Waals surface area contributed by atoms with E-state index in [1.54, 1.807) is 0 Å². The molecule has 72 heavy (non-hydrogen) atoms. The van der Waals surface area contributed by atoms with Gasteiger partial charge in [-0.3, -0.25) is 4.79 Å². The zero-order chi connectivity index (χ0) is 52.4. The second-order valence-electron chi connectivity index (χ2n) is 22.7. The van der Waals surface area contributed by atoms with E-state index in [2.05, 4.69) is 19.2 Å². The lowest BCUT2D eigenvalue weighted by atomic mass is 9.98. The smallest absolute Gasteiger partial charge is 0.220 e. The highest BCUT2D eigenvalue weighted by Gasteiger charge is 2.44. The third-order valence-electron chi connectivity index (χ3n) is 15.8. The first kappa shape index (κ1) is 69.2. The number of aliphatic hydroxyl groups excluding tert-OH is 6. The van der Waals surface area contributed by atoms with Crippen molar-refractivity contribution >= 4 is 5.91 Å². The number of nitrogens with one attached hydrogen (secondary N) is 1. The number of hydrogen-bond acceptors (Lipinski definition) is 9. The number of ether oxygens (including phenoxy) is 2. The summed E-state index contributed by atoms with van der Waals surface area (Å²) in [7, 11) is 0. The van der Waals surface area contributed by atoms with Crippen molar-refractivity contribution in [2.45, 2.75) is 377 Å². The lowest BCUT2D eigenvalue weighted by Crippen LogP contribution is -2.60. The third-order valence-corrected chi connectivity index (χ3v) is 15.8. The van der Waals surface area contributed by atoms with Gasteiger partial charge in [0.25, 0.3) is 0 Å². The molecule has 10 heteroatoms. The molecule has 0 spiro atoms. The Kier molecular flexibility index (Phi) is 50.2. The van der Waals surface area contributed by atoms with E-state index in [4.69, 9.17) is 9.47 Å². The van der Waals surface area contributed by atoms with Gasteiger partial charge in [-0.2, -0.15) is 0 Å². The number of hydrogen-bond donors (Lipinski definition) is 7. The van der Waals surface area contributed by atoms with E-state index < -0.39 is 55.6 Å². The van der Waals surface area contributed by atoms with E-state index >= 15 is 0 Å². The normalized spacial score (nSPS) is 19.5. The summed E-state index contributed by atoms with van der Waals surface area (Å²) in [5, 5.41) is 65.4. The van der Waals surface area contributed by atoms with Crippen LogP contribution in [0.3, 0.4) is 0 Å². The molecule has 430 valence electrons. The van der Waals surface area contributed by atoms with Crippen molar-refractivity contribution in [2.24, 2.45) is 0 Å². The molecule has 0 aromatic carbocycles.